The number of fused-ring (bicyclic) bond motifs is 1. The van der Waals surface area contributed by atoms with Crippen LogP contribution < -0.4 is 10.2 Å². The smallest absolute Gasteiger partial charge is 0.252 e. The molecule has 3 aromatic carbocycles. The van der Waals surface area contributed by atoms with Crippen molar-refractivity contribution < 1.29 is 9.18 Å². The highest BCUT2D eigenvalue weighted by Gasteiger charge is 2.47. The maximum Gasteiger partial charge on any atom is 0.252 e. The van der Waals surface area contributed by atoms with Crippen LogP contribution >= 0.6 is 0 Å². The van der Waals surface area contributed by atoms with Crippen molar-refractivity contribution in [2.24, 2.45) is 0 Å². The van der Waals surface area contributed by atoms with Gasteiger partial charge < -0.3 is 15.1 Å². The number of anilines is 1. The van der Waals surface area contributed by atoms with Crippen molar-refractivity contribution in [3.63, 3.8) is 0 Å². The number of halogens is 1. The Bertz CT molecular complexity index is 1160. The highest BCUT2D eigenvalue weighted by atomic mass is 19.1. The van der Waals surface area contributed by atoms with Crippen molar-refractivity contribution in [2.75, 3.05) is 32.1 Å². The minimum absolute atomic E-state index is 0.0602. The van der Waals surface area contributed by atoms with Crippen molar-refractivity contribution in [3.8, 4) is 0 Å². The maximum absolute atomic E-state index is 14.3. The molecule has 2 aliphatic rings. The molecule has 1 aliphatic heterocycles. The van der Waals surface area contributed by atoms with Gasteiger partial charge in [-0.15, -0.1) is 0 Å². The van der Waals surface area contributed by atoms with E-state index in [9.17, 15) is 9.18 Å². The normalized spacial score (nSPS) is 17.6. The molecule has 160 valence electrons. The number of nitrogens with one attached hydrogen (secondary N) is 1. The molecular weight excluding hydrogens is 389 g/mol. The van der Waals surface area contributed by atoms with Gasteiger partial charge in [-0.05, 0) is 68.6 Å². The Morgan fingerprint density at radius 3 is 2.48 bits per heavy atom. The topological polar surface area (TPSA) is 35.6 Å². The molecule has 5 heteroatoms. The van der Waals surface area contributed by atoms with Crippen molar-refractivity contribution in [3.05, 3.63) is 77.1 Å². The van der Waals surface area contributed by atoms with Crippen molar-refractivity contribution >= 4 is 22.4 Å². The molecule has 1 aliphatic carbocycles. The second-order valence-electron chi connectivity index (χ2n) is 9.20. The molecular formula is C26H28FN3O. The first kappa shape index (κ1) is 20.0. The summed E-state index contributed by atoms with van der Waals surface area (Å²) in [4.78, 5) is 17.9. The summed E-state index contributed by atoms with van der Waals surface area (Å²) in [5.41, 5.74) is 3.35. The lowest BCUT2D eigenvalue weighted by Gasteiger charge is -2.44. The van der Waals surface area contributed by atoms with Crippen molar-refractivity contribution in [1.82, 2.24) is 10.2 Å². The summed E-state index contributed by atoms with van der Waals surface area (Å²) in [6, 6.07) is 17.5. The lowest BCUT2D eigenvalue weighted by molar-refractivity contribution is 0.0930. The Kier molecular flexibility index (Phi) is 4.74. The first-order valence-electron chi connectivity index (χ1n) is 10.9. The van der Waals surface area contributed by atoms with Gasteiger partial charge in [0.1, 0.15) is 5.82 Å². The monoisotopic (exact) mass is 417 g/mol. The molecule has 4 nitrogen and oxygen atoms in total. The van der Waals surface area contributed by atoms with Crippen LogP contribution in [0, 0.1) is 12.7 Å². The molecule has 1 saturated heterocycles. The van der Waals surface area contributed by atoms with Crippen LogP contribution in [0.4, 0.5) is 10.1 Å². The summed E-state index contributed by atoms with van der Waals surface area (Å²) in [7, 11) is 4.20. The van der Waals surface area contributed by atoms with Gasteiger partial charge in [0, 0.05) is 35.8 Å². The number of carbonyl (C=O) groups is 1. The second-order valence-corrected chi connectivity index (χ2v) is 9.20. The van der Waals surface area contributed by atoms with E-state index < -0.39 is 5.54 Å². The first-order chi connectivity index (χ1) is 14.9. The number of nitrogens with zero attached hydrogens (tertiary/aromatic N) is 2. The van der Waals surface area contributed by atoms with E-state index in [-0.39, 0.29) is 11.7 Å². The summed E-state index contributed by atoms with van der Waals surface area (Å²) < 4.78 is 14.3. The van der Waals surface area contributed by atoms with Crippen LogP contribution in [0.5, 0.6) is 0 Å². The Labute approximate surface area is 182 Å². The highest BCUT2D eigenvalue weighted by molar-refractivity contribution is 5.98. The van der Waals surface area contributed by atoms with Crippen LogP contribution in [0.3, 0.4) is 0 Å². The number of amides is 1. The Balaban J connectivity index is 1.41. The number of aryl methyl sites for hydroxylation is 1. The van der Waals surface area contributed by atoms with E-state index in [1.165, 1.54) is 6.07 Å². The largest absolute Gasteiger partial charge is 0.368 e. The number of hydrogen-bond acceptors (Lipinski definition) is 3. The van der Waals surface area contributed by atoms with Gasteiger partial charge in [-0.25, -0.2) is 4.39 Å². The van der Waals surface area contributed by atoms with E-state index in [0.717, 1.165) is 48.1 Å². The molecule has 31 heavy (non-hydrogen) atoms. The Morgan fingerprint density at radius 1 is 1.06 bits per heavy atom. The van der Waals surface area contributed by atoms with Crippen LogP contribution in [-0.4, -0.2) is 44.0 Å². The summed E-state index contributed by atoms with van der Waals surface area (Å²) >= 11 is 0. The third-order valence-electron chi connectivity index (χ3n) is 6.91. The zero-order valence-electron chi connectivity index (χ0n) is 18.3. The minimum atomic E-state index is -0.417. The van der Waals surface area contributed by atoms with Crippen molar-refractivity contribution in [2.45, 2.75) is 31.3 Å². The SMILES string of the molecule is Cc1ccc(N2CC(N(C)C)C2)cc1C(=O)NC1(c2cccc3c(F)cccc23)CC1. The summed E-state index contributed by atoms with van der Waals surface area (Å²) in [6.45, 7) is 3.93. The van der Waals surface area contributed by atoms with Gasteiger partial charge in [-0.2, -0.15) is 0 Å². The molecule has 2 fully saturated rings. The Morgan fingerprint density at radius 2 is 1.77 bits per heavy atom. The molecule has 1 N–H and O–H groups in total. The van der Waals surface area contributed by atoms with Gasteiger partial charge in [0.05, 0.1) is 5.54 Å². The lowest BCUT2D eigenvalue weighted by Crippen LogP contribution is -2.57. The van der Waals surface area contributed by atoms with E-state index in [1.54, 1.807) is 12.1 Å². The van der Waals surface area contributed by atoms with Gasteiger partial charge in [0.25, 0.3) is 5.91 Å². The van der Waals surface area contributed by atoms with Gasteiger partial charge in [-0.3, -0.25) is 4.79 Å². The zero-order valence-corrected chi connectivity index (χ0v) is 18.3. The third kappa shape index (κ3) is 3.47. The third-order valence-corrected chi connectivity index (χ3v) is 6.91. The van der Waals surface area contributed by atoms with E-state index in [1.807, 2.05) is 37.3 Å². The maximum atomic E-state index is 14.3. The Hall–Kier alpha value is -2.92. The second kappa shape index (κ2) is 7.34. The predicted octanol–water partition coefficient (Wildman–Crippen LogP) is 4.46. The molecule has 1 amide bonds. The quantitative estimate of drug-likeness (QED) is 0.666. The summed E-state index contributed by atoms with van der Waals surface area (Å²) in [5.74, 6) is -0.287. The van der Waals surface area contributed by atoms with E-state index in [0.29, 0.717) is 17.0 Å². The molecule has 0 atom stereocenters. The fourth-order valence-corrected chi connectivity index (χ4v) is 4.60. The van der Waals surface area contributed by atoms with E-state index in [2.05, 4.69) is 35.3 Å². The molecule has 0 unspecified atom stereocenters. The molecule has 3 aromatic rings. The van der Waals surface area contributed by atoms with Gasteiger partial charge in [0.15, 0.2) is 0 Å². The van der Waals surface area contributed by atoms with Crippen LogP contribution in [0.15, 0.2) is 54.6 Å². The minimum Gasteiger partial charge on any atom is -0.368 e. The summed E-state index contributed by atoms with van der Waals surface area (Å²) in [6.07, 6.45) is 1.73. The molecule has 0 spiro atoms. The number of benzene rings is 3. The zero-order chi connectivity index (χ0) is 21.8. The predicted molar refractivity (Wildman–Crippen MR) is 123 cm³/mol. The molecule has 0 radical (unpaired) electrons. The lowest BCUT2D eigenvalue weighted by atomic mass is 9.96. The van der Waals surface area contributed by atoms with Gasteiger partial charge >= 0.3 is 0 Å². The van der Waals surface area contributed by atoms with E-state index >= 15 is 0 Å². The number of hydrogen-bond donors (Lipinski definition) is 1. The van der Waals surface area contributed by atoms with Crippen molar-refractivity contribution in [1.29, 1.82) is 0 Å². The van der Waals surface area contributed by atoms with Crippen LogP contribution in [-0.2, 0) is 5.54 Å². The standard InChI is InChI=1S/C26H28FN3O/c1-17-10-11-18(30-15-19(16-30)29(2)3)14-22(17)25(31)28-26(12-13-26)23-8-4-7-21-20(23)6-5-9-24(21)27/h4-11,14,19H,12-13,15-16H2,1-3H3,(H,28,31). The average Bonchev–Trinajstić information content (AvgIpc) is 3.48. The average molecular weight is 418 g/mol. The molecule has 1 saturated carbocycles. The van der Waals surface area contributed by atoms with Crippen LogP contribution in [0.2, 0.25) is 0 Å². The van der Waals surface area contributed by atoms with Crippen LogP contribution in [0.1, 0.15) is 34.3 Å². The molecule has 5 rings (SSSR count). The fraction of sp³-hybridized carbons (Fsp3) is 0.346. The number of carbonyl (C=O) groups excluding carboxylic acids is 1. The van der Waals surface area contributed by atoms with E-state index in [4.69, 9.17) is 0 Å². The number of rotatable bonds is 5. The molecule has 0 bridgehead atoms. The highest BCUT2D eigenvalue weighted by Crippen LogP contribution is 2.48. The summed E-state index contributed by atoms with van der Waals surface area (Å²) in [5, 5.41) is 4.77. The fourth-order valence-electron chi connectivity index (χ4n) is 4.60. The van der Waals surface area contributed by atoms with Gasteiger partial charge in [0.2, 0.25) is 0 Å². The molecule has 1 heterocycles. The van der Waals surface area contributed by atoms with Gasteiger partial charge in [-0.1, -0.05) is 36.4 Å². The van der Waals surface area contributed by atoms with Crippen LogP contribution in [0.25, 0.3) is 10.8 Å². The first-order valence-corrected chi connectivity index (χ1v) is 10.9. The number of likely N-dealkylation sites (N-methyl/N-ethyl adjacent to an activating group) is 1. The molecule has 0 aromatic heterocycles.